The predicted molar refractivity (Wildman–Crippen MR) is 50.9 cm³/mol. The van der Waals surface area contributed by atoms with E-state index in [0.29, 0.717) is 5.82 Å². The quantitative estimate of drug-likeness (QED) is 0.770. The molecule has 1 aromatic heterocycles. The highest BCUT2D eigenvalue weighted by Gasteiger charge is 2.33. The lowest BCUT2D eigenvalue weighted by molar-refractivity contribution is -0.140. The van der Waals surface area contributed by atoms with E-state index in [1.54, 1.807) is 12.4 Å². The molecule has 0 aromatic carbocycles. The Morgan fingerprint density at radius 3 is 2.79 bits per heavy atom. The molecule has 0 aliphatic heterocycles. The first kappa shape index (κ1) is 9.24. The van der Waals surface area contributed by atoms with Crippen LogP contribution in [0.5, 0.6) is 0 Å². The van der Waals surface area contributed by atoms with E-state index >= 15 is 0 Å². The van der Waals surface area contributed by atoms with Gasteiger partial charge in [0.05, 0.1) is 0 Å². The number of carbonyl (C=O) groups is 1. The van der Waals surface area contributed by atoms with Gasteiger partial charge in [-0.1, -0.05) is 12.8 Å². The van der Waals surface area contributed by atoms with Crippen molar-refractivity contribution in [1.82, 2.24) is 9.97 Å². The zero-order valence-electron chi connectivity index (χ0n) is 7.94. The molecule has 1 atom stereocenters. The summed E-state index contributed by atoms with van der Waals surface area (Å²) in [5, 5.41) is 9.15. The van der Waals surface area contributed by atoms with Crippen LogP contribution in [0.4, 0.5) is 0 Å². The van der Waals surface area contributed by atoms with Crippen molar-refractivity contribution in [2.75, 3.05) is 0 Å². The van der Waals surface area contributed by atoms with Gasteiger partial charge in [-0.05, 0) is 18.8 Å². The molecule has 0 amide bonds. The summed E-state index contributed by atoms with van der Waals surface area (Å²) >= 11 is 0. The van der Waals surface area contributed by atoms with E-state index in [1.165, 1.54) is 0 Å². The van der Waals surface area contributed by atoms with E-state index in [4.69, 9.17) is 5.11 Å². The van der Waals surface area contributed by atoms with Gasteiger partial charge in [-0.2, -0.15) is 0 Å². The van der Waals surface area contributed by atoms with Crippen LogP contribution in [0, 0.1) is 5.92 Å². The van der Waals surface area contributed by atoms with Gasteiger partial charge in [-0.15, -0.1) is 0 Å². The maximum Gasteiger partial charge on any atom is 0.314 e. The highest BCUT2D eigenvalue weighted by atomic mass is 16.4. The van der Waals surface area contributed by atoms with Crippen molar-refractivity contribution in [2.45, 2.75) is 31.6 Å². The van der Waals surface area contributed by atoms with Crippen molar-refractivity contribution in [1.29, 1.82) is 0 Å². The molecule has 0 spiro atoms. The van der Waals surface area contributed by atoms with Crippen LogP contribution in [0.25, 0.3) is 0 Å². The van der Waals surface area contributed by atoms with Gasteiger partial charge in [-0.25, -0.2) is 4.98 Å². The summed E-state index contributed by atoms with van der Waals surface area (Å²) in [5.41, 5.74) is 0. The second-order valence-electron chi connectivity index (χ2n) is 3.83. The van der Waals surface area contributed by atoms with Gasteiger partial charge in [0.2, 0.25) is 0 Å². The molecule has 2 rings (SSSR count). The Morgan fingerprint density at radius 1 is 1.57 bits per heavy atom. The van der Waals surface area contributed by atoms with Crippen molar-refractivity contribution >= 4 is 5.97 Å². The molecule has 1 heterocycles. The molecular formula is C10H14N2O2. The Bertz CT molecular complexity index is 302. The standard InChI is InChI=1S/C10H14N2O2/c13-10(14)8(7-3-1-2-4-7)9-11-5-6-12-9/h5-8H,1-4H2,(H,11,12)(H,13,14). The third kappa shape index (κ3) is 1.64. The van der Waals surface area contributed by atoms with Gasteiger partial charge in [0.15, 0.2) is 0 Å². The first-order valence-corrected chi connectivity index (χ1v) is 5.01. The number of H-pyrrole nitrogens is 1. The number of carboxylic acids is 1. The lowest BCUT2D eigenvalue weighted by Crippen LogP contribution is -2.20. The van der Waals surface area contributed by atoms with Crippen LogP contribution in [0.15, 0.2) is 12.4 Å². The molecule has 1 fully saturated rings. The average Bonchev–Trinajstić information content (AvgIpc) is 2.75. The molecule has 4 heteroatoms. The largest absolute Gasteiger partial charge is 0.481 e. The van der Waals surface area contributed by atoms with E-state index < -0.39 is 11.9 Å². The Kier molecular flexibility index (Phi) is 2.52. The second-order valence-corrected chi connectivity index (χ2v) is 3.83. The van der Waals surface area contributed by atoms with Crippen LogP contribution in [0.1, 0.15) is 37.4 Å². The van der Waals surface area contributed by atoms with Crippen LogP contribution in [0.3, 0.4) is 0 Å². The highest BCUT2D eigenvalue weighted by molar-refractivity contribution is 5.75. The highest BCUT2D eigenvalue weighted by Crippen LogP contribution is 2.36. The number of aliphatic carboxylic acids is 1. The summed E-state index contributed by atoms with van der Waals surface area (Å²) in [5.74, 6) is -0.331. The van der Waals surface area contributed by atoms with Crippen LogP contribution < -0.4 is 0 Å². The topological polar surface area (TPSA) is 66.0 Å². The van der Waals surface area contributed by atoms with Gasteiger partial charge >= 0.3 is 5.97 Å². The second kappa shape index (κ2) is 3.82. The number of nitrogens with one attached hydrogen (secondary N) is 1. The predicted octanol–water partition coefficient (Wildman–Crippen LogP) is 1.77. The summed E-state index contributed by atoms with van der Waals surface area (Å²) in [6, 6.07) is 0. The zero-order chi connectivity index (χ0) is 9.97. The molecule has 1 aromatic rings. The first-order chi connectivity index (χ1) is 6.79. The zero-order valence-corrected chi connectivity index (χ0v) is 7.94. The molecule has 4 nitrogen and oxygen atoms in total. The fourth-order valence-corrected chi connectivity index (χ4v) is 2.28. The monoisotopic (exact) mass is 194 g/mol. The minimum atomic E-state index is -0.758. The number of imidazole rings is 1. The van der Waals surface area contributed by atoms with Crippen LogP contribution in [-0.2, 0) is 4.79 Å². The Balaban J connectivity index is 2.19. The number of rotatable bonds is 3. The normalized spacial score (nSPS) is 19.7. The van der Waals surface area contributed by atoms with E-state index in [9.17, 15) is 4.79 Å². The fraction of sp³-hybridized carbons (Fsp3) is 0.600. The number of hydrogen-bond donors (Lipinski definition) is 2. The number of carboxylic acid groups (broad SMARTS) is 1. The number of aromatic nitrogens is 2. The first-order valence-electron chi connectivity index (χ1n) is 5.01. The summed E-state index contributed by atoms with van der Waals surface area (Å²) < 4.78 is 0. The van der Waals surface area contributed by atoms with Crippen molar-refractivity contribution in [3.8, 4) is 0 Å². The van der Waals surface area contributed by atoms with Crippen molar-refractivity contribution in [3.63, 3.8) is 0 Å². The lowest BCUT2D eigenvalue weighted by atomic mass is 9.90. The lowest BCUT2D eigenvalue weighted by Gasteiger charge is -2.16. The van der Waals surface area contributed by atoms with E-state index in [0.717, 1.165) is 25.7 Å². The summed E-state index contributed by atoms with van der Waals surface area (Å²) in [6.07, 6.45) is 7.61. The summed E-state index contributed by atoms with van der Waals surface area (Å²) in [4.78, 5) is 18.1. The van der Waals surface area contributed by atoms with Gasteiger partial charge in [0.25, 0.3) is 0 Å². The van der Waals surface area contributed by atoms with Crippen LogP contribution in [-0.4, -0.2) is 21.0 Å². The fourth-order valence-electron chi connectivity index (χ4n) is 2.28. The van der Waals surface area contributed by atoms with Crippen LogP contribution in [0.2, 0.25) is 0 Å². The van der Waals surface area contributed by atoms with Crippen LogP contribution >= 0.6 is 0 Å². The minimum absolute atomic E-state index is 0.263. The smallest absolute Gasteiger partial charge is 0.314 e. The molecule has 14 heavy (non-hydrogen) atoms. The van der Waals surface area contributed by atoms with Gasteiger partial charge in [0, 0.05) is 12.4 Å². The Labute approximate surface area is 82.4 Å². The third-order valence-corrected chi connectivity index (χ3v) is 2.95. The molecule has 1 aliphatic carbocycles. The Hall–Kier alpha value is -1.32. The average molecular weight is 194 g/mol. The van der Waals surface area contributed by atoms with Crippen molar-refractivity contribution < 1.29 is 9.90 Å². The Morgan fingerprint density at radius 2 is 2.29 bits per heavy atom. The molecule has 0 saturated heterocycles. The molecular weight excluding hydrogens is 180 g/mol. The molecule has 0 bridgehead atoms. The maximum atomic E-state index is 11.1. The number of nitrogens with zero attached hydrogens (tertiary/aromatic N) is 1. The molecule has 1 aliphatic rings. The third-order valence-electron chi connectivity index (χ3n) is 2.95. The van der Waals surface area contributed by atoms with Gasteiger partial charge in [0.1, 0.15) is 11.7 Å². The number of hydrogen-bond acceptors (Lipinski definition) is 2. The molecule has 76 valence electrons. The van der Waals surface area contributed by atoms with Crippen molar-refractivity contribution in [3.05, 3.63) is 18.2 Å². The summed E-state index contributed by atoms with van der Waals surface area (Å²) in [6.45, 7) is 0. The molecule has 2 N–H and O–H groups in total. The molecule has 1 unspecified atom stereocenters. The summed E-state index contributed by atoms with van der Waals surface area (Å²) in [7, 11) is 0. The number of aromatic amines is 1. The van der Waals surface area contributed by atoms with Gasteiger partial charge < -0.3 is 10.1 Å². The van der Waals surface area contributed by atoms with Crippen molar-refractivity contribution in [2.24, 2.45) is 5.92 Å². The molecule has 0 radical (unpaired) electrons. The van der Waals surface area contributed by atoms with Gasteiger partial charge in [-0.3, -0.25) is 4.79 Å². The SMILES string of the molecule is O=C(O)C(c1ncc[nH]1)C1CCCC1. The van der Waals surface area contributed by atoms with E-state index in [2.05, 4.69) is 9.97 Å². The van der Waals surface area contributed by atoms with E-state index in [1.807, 2.05) is 0 Å². The maximum absolute atomic E-state index is 11.1. The molecule has 1 saturated carbocycles. The van der Waals surface area contributed by atoms with E-state index in [-0.39, 0.29) is 5.92 Å². The minimum Gasteiger partial charge on any atom is -0.481 e.